The van der Waals surface area contributed by atoms with Gasteiger partial charge in [-0.25, -0.2) is 4.39 Å². The number of rotatable bonds is 0. The van der Waals surface area contributed by atoms with Crippen LogP contribution in [-0.2, 0) is 0 Å². The smallest absolute Gasteiger partial charge is 0.123 e. The molecule has 0 bridgehead atoms. The normalized spacial score (nSPS) is 8.38. The first-order chi connectivity index (χ1) is 6.39. The standard InChI is InChI=1S/C6H4F.C6H5/c7-6-4-2-1-3-5-6;1-2-4-6-5-3-1/h2-5H;1-5H. The van der Waals surface area contributed by atoms with E-state index in [1.807, 2.05) is 30.3 Å². The SMILES string of the molecule is Fc1cc[c]cc1.[c]1ccccc1. The van der Waals surface area contributed by atoms with Crippen molar-refractivity contribution in [2.45, 2.75) is 0 Å². The van der Waals surface area contributed by atoms with E-state index in [-0.39, 0.29) is 5.82 Å². The van der Waals surface area contributed by atoms with Gasteiger partial charge in [0, 0.05) is 0 Å². The number of halogens is 1. The van der Waals surface area contributed by atoms with Crippen LogP contribution in [0.15, 0.2) is 54.6 Å². The van der Waals surface area contributed by atoms with Crippen LogP contribution in [0.5, 0.6) is 0 Å². The molecule has 0 aliphatic rings. The predicted octanol–water partition coefficient (Wildman–Crippen LogP) is 3.11. The molecule has 0 aromatic heterocycles. The summed E-state index contributed by atoms with van der Waals surface area (Å²) in [4.78, 5) is 0. The second-order valence-electron chi connectivity index (χ2n) is 2.30. The first kappa shape index (κ1) is 9.46. The Morgan fingerprint density at radius 3 is 1.54 bits per heavy atom. The van der Waals surface area contributed by atoms with Gasteiger partial charge in [-0.05, 0) is 24.3 Å². The molecule has 0 N–H and O–H groups in total. The maximum absolute atomic E-state index is 11.9. The highest BCUT2D eigenvalue weighted by molar-refractivity contribution is 5.00. The minimum Gasteiger partial charge on any atom is -0.207 e. The molecule has 0 aliphatic carbocycles. The van der Waals surface area contributed by atoms with Crippen LogP contribution in [0.3, 0.4) is 0 Å². The molecule has 0 heterocycles. The molecule has 0 atom stereocenters. The van der Waals surface area contributed by atoms with Gasteiger partial charge in [0.05, 0.1) is 0 Å². The van der Waals surface area contributed by atoms with E-state index < -0.39 is 0 Å². The fraction of sp³-hybridized carbons (Fsp3) is 0. The zero-order valence-corrected chi connectivity index (χ0v) is 7.07. The summed E-state index contributed by atoms with van der Waals surface area (Å²) in [5, 5.41) is 0. The average molecular weight is 172 g/mol. The van der Waals surface area contributed by atoms with Crippen LogP contribution in [0.1, 0.15) is 0 Å². The molecule has 64 valence electrons. The summed E-state index contributed by atoms with van der Waals surface area (Å²) in [6, 6.07) is 21.0. The fourth-order valence-corrected chi connectivity index (χ4v) is 0.708. The first-order valence-corrected chi connectivity index (χ1v) is 3.92. The van der Waals surface area contributed by atoms with Crippen molar-refractivity contribution < 1.29 is 4.39 Å². The van der Waals surface area contributed by atoms with E-state index >= 15 is 0 Å². The molecule has 0 aliphatic heterocycles. The Kier molecular flexibility index (Phi) is 4.33. The van der Waals surface area contributed by atoms with E-state index in [9.17, 15) is 4.39 Å². The highest BCUT2D eigenvalue weighted by atomic mass is 19.1. The summed E-state index contributed by atoms with van der Waals surface area (Å²) in [6.45, 7) is 0. The number of benzene rings is 2. The van der Waals surface area contributed by atoms with Gasteiger partial charge in [0.15, 0.2) is 0 Å². The molecule has 2 rings (SSSR count). The lowest BCUT2D eigenvalue weighted by atomic mass is 10.4. The third-order valence-electron chi connectivity index (χ3n) is 1.28. The van der Waals surface area contributed by atoms with Crippen LogP contribution < -0.4 is 0 Å². The van der Waals surface area contributed by atoms with Crippen LogP contribution >= 0.6 is 0 Å². The van der Waals surface area contributed by atoms with Gasteiger partial charge >= 0.3 is 0 Å². The van der Waals surface area contributed by atoms with Gasteiger partial charge in [0.1, 0.15) is 5.82 Å². The van der Waals surface area contributed by atoms with Crippen molar-refractivity contribution in [3.8, 4) is 0 Å². The van der Waals surface area contributed by atoms with E-state index in [0.29, 0.717) is 0 Å². The zero-order valence-electron chi connectivity index (χ0n) is 7.07. The molecule has 2 radical (unpaired) electrons. The zero-order chi connectivity index (χ0) is 9.36. The molecule has 0 saturated carbocycles. The number of hydrogen-bond donors (Lipinski definition) is 0. The summed E-state index contributed by atoms with van der Waals surface area (Å²) in [5.41, 5.74) is 0. The maximum atomic E-state index is 11.9. The van der Waals surface area contributed by atoms with E-state index in [2.05, 4.69) is 12.1 Å². The monoisotopic (exact) mass is 172 g/mol. The van der Waals surface area contributed by atoms with Crippen molar-refractivity contribution in [2.75, 3.05) is 0 Å². The van der Waals surface area contributed by atoms with Crippen LogP contribution in [0.25, 0.3) is 0 Å². The molecular weight excluding hydrogens is 163 g/mol. The molecule has 2 aromatic carbocycles. The van der Waals surface area contributed by atoms with Crippen molar-refractivity contribution in [2.24, 2.45) is 0 Å². The molecule has 0 fully saturated rings. The summed E-state index contributed by atoms with van der Waals surface area (Å²) >= 11 is 0. The molecule has 0 saturated heterocycles. The Labute approximate surface area is 77.7 Å². The predicted molar refractivity (Wildman–Crippen MR) is 50.5 cm³/mol. The Morgan fingerprint density at radius 1 is 0.769 bits per heavy atom. The Bertz CT molecular complexity index is 276. The van der Waals surface area contributed by atoms with Crippen molar-refractivity contribution >= 4 is 0 Å². The summed E-state index contributed by atoms with van der Waals surface area (Å²) < 4.78 is 11.9. The van der Waals surface area contributed by atoms with Crippen LogP contribution in [0, 0.1) is 17.9 Å². The molecule has 0 spiro atoms. The lowest BCUT2D eigenvalue weighted by Crippen LogP contribution is -1.64. The second-order valence-corrected chi connectivity index (χ2v) is 2.30. The lowest BCUT2D eigenvalue weighted by Gasteiger charge is -1.77. The van der Waals surface area contributed by atoms with Crippen LogP contribution in [0.4, 0.5) is 4.39 Å². The third kappa shape index (κ3) is 4.75. The Hall–Kier alpha value is -1.63. The maximum Gasteiger partial charge on any atom is 0.123 e. The summed E-state index contributed by atoms with van der Waals surface area (Å²) in [7, 11) is 0. The van der Waals surface area contributed by atoms with Crippen molar-refractivity contribution in [3.05, 3.63) is 72.5 Å². The summed E-state index contributed by atoms with van der Waals surface area (Å²) in [6.07, 6.45) is 0. The van der Waals surface area contributed by atoms with Gasteiger partial charge in [0.2, 0.25) is 0 Å². The molecule has 0 amide bonds. The molecule has 13 heavy (non-hydrogen) atoms. The first-order valence-electron chi connectivity index (χ1n) is 3.92. The van der Waals surface area contributed by atoms with Gasteiger partial charge in [-0.15, -0.1) is 0 Å². The lowest BCUT2D eigenvalue weighted by molar-refractivity contribution is 0.628. The van der Waals surface area contributed by atoms with E-state index in [1.165, 1.54) is 24.3 Å². The van der Waals surface area contributed by atoms with Crippen molar-refractivity contribution in [3.63, 3.8) is 0 Å². The molecule has 0 nitrogen and oxygen atoms in total. The van der Waals surface area contributed by atoms with Crippen molar-refractivity contribution in [1.82, 2.24) is 0 Å². The van der Waals surface area contributed by atoms with Crippen LogP contribution in [0.2, 0.25) is 0 Å². The van der Waals surface area contributed by atoms with Gasteiger partial charge in [-0.2, -0.15) is 0 Å². The van der Waals surface area contributed by atoms with Gasteiger partial charge in [-0.1, -0.05) is 42.5 Å². The highest BCUT2D eigenvalue weighted by Crippen LogP contribution is 1.91. The molecule has 1 heteroatoms. The van der Waals surface area contributed by atoms with Crippen LogP contribution in [-0.4, -0.2) is 0 Å². The number of hydrogen-bond acceptors (Lipinski definition) is 0. The minimum atomic E-state index is -0.209. The molecule has 0 unspecified atom stereocenters. The fourth-order valence-electron chi connectivity index (χ4n) is 0.708. The highest BCUT2D eigenvalue weighted by Gasteiger charge is 1.77. The molecule has 2 aromatic rings. The van der Waals surface area contributed by atoms with E-state index in [4.69, 9.17) is 0 Å². The van der Waals surface area contributed by atoms with Gasteiger partial charge in [-0.3, -0.25) is 0 Å². The summed E-state index contributed by atoms with van der Waals surface area (Å²) in [5.74, 6) is -0.209. The van der Waals surface area contributed by atoms with Gasteiger partial charge in [0.25, 0.3) is 0 Å². The third-order valence-corrected chi connectivity index (χ3v) is 1.28. The Balaban J connectivity index is 0.000000132. The van der Waals surface area contributed by atoms with Crippen molar-refractivity contribution in [1.29, 1.82) is 0 Å². The van der Waals surface area contributed by atoms with Gasteiger partial charge < -0.3 is 0 Å². The average Bonchev–Trinajstić information content (AvgIpc) is 2.22. The molecular formula is C12H9F. The van der Waals surface area contributed by atoms with E-state index in [0.717, 1.165) is 0 Å². The largest absolute Gasteiger partial charge is 0.207 e. The minimum absolute atomic E-state index is 0.209. The second kappa shape index (κ2) is 5.95. The topological polar surface area (TPSA) is 0 Å². The quantitative estimate of drug-likeness (QED) is 0.572. The van der Waals surface area contributed by atoms with E-state index in [1.54, 1.807) is 0 Å². The Morgan fingerprint density at radius 2 is 1.31 bits per heavy atom.